The average Bonchev–Trinajstić information content (AvgIpc) is 2.53. The second-order valence-corrected chi connectivity index (χ2v) is 3.37. The fourth-order valence-corrected chi connectivity index (χ4v) is 1.37. The van der Waals surface area contributed by atoms with Crippen LogP contribution in [0.1, 0.15) is 11.8 Å². The molecule has 0 spiro atoms. The lowest BCUT2D eigenvalue weighted by molar-refractivity contribution is 0.0215. The molecule has 2 atom stereocenters. The van der Waals surface area contributed by atoms with Crippen LogP contribution in [0.5, 0.6) is 0 Å². The first-order valence-corrected chi connectivity index (χ1v) is 4.50. The van der Waals surface area contributed by atoms with Crippen molar-refractivity contribution in [1.82, 2.24) is 9.78 Å². The molecule has 82 valence electrons. The molecule has 0 fully saturated rings. The monoisotopic (exact) mass is 231 g/mol. The van der Waals surface area contributed by atoms with E-state index in [1.807, 2.05) is 0 Å². The number of aromatic nitrogens is 2. The number of nitrogens with zero attached hydrogens (tertiary/aromatic N) is 5. The van der Waals surface area contributed by atoms with E-state index in [0.717, 1.165) is 0 Å². The van der Waals surface area contributed by atoms with Gasteiger partial charge in [0.2, 0.25) is 0 Å². The zero-order valence-electron chi connectivity index (χ0n) is 7.95. The third-order valence-corrected chi connectivity index (χ3v) is 2.08. The third kappa shape index (κ3) is 2.84. The molecule has 1 aromatic heterocycles. The van der Waals surface area contributed by atoms with E-state index in [1.165, 1.54) is 10.9 Å². The molecule has 2 N–H and O–H groups in total. The summed E-state index contributed by atoms with van der Waals surface area (Å²) in [4.78, 5) is 2.47. The van der Waals surface area contributed by atoms with Gasteiger partial charge in [-0.15, -0.1) is 0 Å². The molecule has 1 aromatic rings. The van der Waals surface area contributed by atoms with Crippen LogP contribution in [0.3, 0.4) is 0 Å². The van der Waals surface area contributed by atoms with Crippen molar-refractivity contribution in [2.24, 2.45) is 12.2 Å². The lowest BCUT2D eigenvalue weighted by Gasteiger charge is -2.13. The van der Waals surface area contributed by atoms with E-state index in [0.29, 0.717) is 0 Å². The Hall–Kier alpha value is -1.27. The number of hydrogen-bond acceptors (Lipinski definition) is 4. The topological polar surface area (TPSA) is 107 Å². The maximum Gasteiger partial charge on any atom is 0.125 e. The van der Waals surface area contributed by atoms with Crippen molar-refractivity contribution in [3.8, 4) is 0 Å². The van der Waals surface area contributed by atoms with Gasteiger partial charge in [0, 0.05) is 18.2 Å². The zero-order chi connectivity index (χ0) is 11.4. The van der Waals surface area contributed by atoms with E-state index >= 15 is 0 Å². The number of aliphatic hydroxyl groups is 2. The van der Waals surface area contributed by atoms with Gasteiger partial charge in [-0.05, 0) is 5.53 Å². The summed E-state index contributed by atoms with van der Waals surface area (Å²) in [6.45, 7) is -0.232. The number of halogens is 1. The highest BCUT2D eigenvalue weighted by Gasteiger charge is 2.22. The van der Waals surface area contributed by atoms with Gasteiger partial charge in [0.05, 0.1) is 17.7 Å². The molecule has 0 aliphatic rings. The van der Waals surface area contributed by atoms with Gasteiger partial charge in [-0.2, -0.15) is 5.10 Å². The number of rotatable bonds is 4. The third-order valence-electron chi connectivity index (χ3n) is 1.79. The van der Waals surface area contributed by atoms with Gasteiger partial charge in [-0.3, -0.25) is 4.68 Å². The highest BCUT2D eigenvalue weighted by molar-refractivity contribution is 6.31. The Kier molecular flexibility index (Phi) is 3.93. The van der Waals surface area contributed by atoms with E-state index in [-0.39, 0.29) is 17.3 Å². The van der Waals surface area contributed by atoms with Crippen molar-refractivity contribution in [3.05, 3.63) is 27.4 Å². The Labute approximate surface area is 90.5 Å². The second kappa shape index (κ2) is 4.99. The van der Waals surface area contributed by atoms with E-state index < -0.39 is 12.2 Å². The van der Waals surface area contributed by atoms with Gasteiger partial charge >= 0.3 is 0 Å². The van der Waals surface area contributed by atoms with Crippen molar-refractivity contribution in [1.29, 1.82) is 0 Å². The predicted molar refractivity (Wildman–Crippen MR) is 53.2 cm³/mol. The summed E-state index contributed by atoms with van der Waals surface area (Å²) in [5.41, 5.74) is 8.21. The fraction of sp³-hybridized carbons (Fsp3) is 0.571. The normalized spacial score (nSPS) is 14.4. The number of hydrogen-bond donors (Lipinski definition) is 2. The second-order valence-electron chi connectivity index (χ2n) is 2.96. The van der Waals surface area contributed by atoms with Crippen LogP contribution < -0.4 is 0 Å². The van der Waals surface area contributed by atoms with Gasteiger partial charge in [0.1, 0.15) is 11.8 Å². The molecule has 0 radical (unpaired) electrons. The van der Waals surface area contributed by atoms with Crippen LogP contribution in [0.4, 0.5) is 0 Å². The first-order chi connectivity index (χ1) is 7.06. The van der Waals surface area contributed by atoms with Crippen LogP contribution in [0.25, 0.3) is 10.4 Å². The van der Waals surface area contributed by atoms with Gasteiger partial charge in [0.25, 0.3) is 0 Å². The molecule has 0 saturated carbocycles. The Balaban J connectivity index is 2.79. The van der Waals surface area contributed by atoms with Crippen LogP contribution in [0.15, 0.2) is 11.3 Å². The van der Waals surface area contributed by atoms with E-state index in [2.05, 4.69) is 15.1 Å². The highest BCUT2D eigenvalue weighted by Crippen LogP contribution is 2.23. The van der Waals surface area contributed by atoms with Crippen LogP contribution in [0.2, 0.25) is 5.02 Å². The average molecular weight is 232 g/mol. The van der Waals surface area contributed by atoms with Gasteiger partial charge in [-0.1, -0.05) is 16.7 Å². The van der Waals surface area contributed by atoms with Crippen molar-refractivity contribution in [3.63, 3.8) is 0 Å². The fourth-order valence-electron chi connectivity index (χ4n) is 1.08. The van der Waals surface area contributed by atoms with Crippen LogP contribution in [-0.4, -0.2) is 32.6 Å². The lowest BCUT2D eigenvalue weighted by atomic mass is 10.1. The maximum absolute atomic E-state index is 9.62. The van der Waals surface area contributed by atoms with Crippen molar-refractivity contribution < 1.29 is 10.2 Å². The molecule has 2 unspecified atom stereocenters. The molecule has 0 aliphatic carbocycles. The molecule has 0 saturated heterocycles. The molecule has 0 aromatic carbocycles. The first-order valence-electron chi connectivity index (χ1n) is 4.12. The minimum absolute atomic E-state index is 0.166. The number of aliphatic hydroxyl groups excluding tert-OH is 2. The van der Waals surface area contributed by atoms with Crippen molar-refractivity contribution >= 4 is 11.6 Å². The number of azide groups is 1. The summed E-state index contributed by atoms with van der Waals surface area (Å²) in [6, 6.07) is 0. The van der Waals surface area contributed by atoms with Crippen molar-refractivity contribution in [2.45, 2.75) is 12.2 Å². The largest absolute Gasteiger partial charge is 0.390 e. The van der Waals surface area contributed by atoms with Crippen molar-refractivity contribution in [2.75, 3.05) is 6.54 Å². The quantitative estimate of drug-likeness (QED) is 0.454. The summed E-state index contributed by atoms with van der Waals surface area (Å²) in [5, 5.41) is 26.3. The van der Waals surface area contributed by atoms with Crippen LogP contribution in [-0.2, 0) is 7.05 Å². The molecule has 0 aliphatic heterocycles. The predicted octanol–water partition coefficient (Wildman–Crippen LogP) is 0.778. The summed E-state index contributed by atoms with van der Waals surface area (Å²) in [6.07, 6.45) is -0.974. The minimum Gasteiger partial charge on any atom is -0.390 e. The van der Waals surface area contributed by atoms with E-state index in [1.54, 1.807) is 7.05 Å². The highest BCUT2D eigenvalue weighted by atomic mass is 35.5. The molecular formula is C7H10ClN5O2. The Morgan fingerprint density at radius 1 is 1.73 bits per heavy atom. The smallest absolute Gasteiger partial charge is 0.125 e. The van der Waals surface area contributed by atoms with Gasteiger partial charge < -0.3 is 10.2 Å². The minimum atomic E-state index is -1.26. The Morgan fingerprint density at radius 2 is 2.40 bits per heavy atom. The standard InChI is InChI=1S/C7H10ClN5O2/c1-13-3-4(8)6(11-13)7(15)5(14)2-10-12-9/h3,5,7,14-15H,2H2,1H3. The van der Waals surface area contributed by atoms with Gasteiger partial charge in [0.15, 0.2) is 0 Å². The summed E-state index contributed by atoms with van der Waals surface area (Å²) in [7, 11) is 1.64. The lowest BCUT2D eigenvalue weighted by Crippen LogP contribution is -2.22. The SMILES string of the molecule is Cn1cc(Cl)c(C(O)C(O)CN=[N+]=[N-])n1. The molecular weight excluding hydrogens is 222 g/mol. The zero-order valence-corrected chi connectivity index (χ0v) is 8.70. The maximum atomic E-state index is 9.62. The summed E-state index contributed by atoms with van der Waals surface area (Å²) >= 11 is 5.76. The first kappa shape index (κ1) is 11.8. The molecule has 0 amide bonds. The molecule has 1 heterocycles. The van der Waals surface area contributed by atoms with E-state index in [4.69, 9.17) is 17.1 Å². The molecule has 1 rings (SSSR count). The Bertz CT molecular complexity index is 387. The molecule has 0 bridgehead atoms. The Morgan fingerprint density at radius 3 is 2.87 bits per heavy atom. The summed E-state index contributed by atoms with van der Waals surface area (Å²) in [5.74, 6) is 0. The molecule has 7 nitrogen and oxygen atoms in total. The van der Waals surface area contributed by atoms with Crippen LogP contribution in [0, 0.1) is 0 Å². The van der Waals surface area contributed by atoms with Gasteiger partial charge in [-0.25, -0.2) is 0 Å². The molecule has 15 heavy (non-hydrogen) atoms. The summed E-state index contributed by atoms with van der Waals surface area (Å²) < 4.78 is 1.42. The van der Waals surface area contributed by atoms with E-state index in [9.17, 15) is 10.2 Å². The number of aryl methyl sites for hydroxylation is 1. The van der Waals surface area contributed by atoms with Crippen LogP contribution >= 0.6 is 11.6 Å². The molecule has 8 heteroatoms.